The number of hydrogen-bond acceptors (Lipinski definition) is 3. The minimum absolute atomic E-state index is 0.0569. The van der Waals surface area contributed by atoms with Crippen molar-refractivity contribution in [1.82, 2.24) is 0 Å². The molecular formula is C15H16N2O4. The second-order valence-electron chi connectivity index (χ2n) is 5.47. The number of anilines is 2. The molecule has 1 aromatic rings. The fraction of sp³-hybridized carbons (Fsp3) is 0.400. The first kappa shape index (κ1) is 13.6. The highest BCUT2D eigenvalue weighted by Gasteiger charge is 2.41. The molecule has 1 fully saturated rings. The van der Waals surface area contributed by atoms with Gasteiger partial charge in [0.25, 0.3) is 0 Å². The van der Waals surface area contributed by atoms with Gasteiger partial charge in [0.15, 0.2) is 0 Å². The molecule has 2 amide bonds. The number of rotatable bonds is 2. The van der Waals surface area contributed by atoms with E-state index >= 15 is 0 Å². The predicted octanol–water partition coefficient (Wildman–Crippen LogP) is 1.47. The van der Waals surface area contributed by atoms with E-state index in [2.05, 4.69) is 5.32 Å². The number of hydrogen-bond donors (Lipinski definition) is 2. The van der Waals surface area contributed by atoms with Gasteiger partial charge in [0.1, 0.15) is 6.54 Å². The van der Waals surface area contributed by atoms with Crippen molar-refractivity contribution in [2.24, 2.45) is 11.8 Å². The van der Waals surface area contributed by atoms with Crippen LogP contribution in [0.3, 0.4) is 0 Å². The van der Waals surface area contributed by atoms with E-state index in [1.54, 1.807) is 24.3 Å². The number of fused-ring (bicyclic) bond motifs is 1. The van der Waals surface area contributed by atoms with Crippen molar-refractivity contribution in [1.29, 1.82) is 0 Å². The summed E-state index contributed by atoms with van der Waals surface area (Å²) in [7, 11) is 0. The number of nitrogens with one attached hydrogen (secondary N) is 1. The van der Waals surface area contributed by atoms with Crippen molar-refractivity contribution in [3.63, 3.8) is 0 Å². The quantitative estimate of drug-likeness (QED) is 0.862. The number of benzene rings is 1. The van der Waals surface area contributed by atoms with Crippen molar-refractivity contribution in [2.75, 3.05) is 16.8 Å². The van der Waals surface area contributed by atoms with E-state index in [-0.39, 0.29) is 18.4 Å². The van der Waals surface area contributed by atoms with Crippen molar-refractivity contribution in [2.45, 2.75) is 19.3 Å². The summed E-state index contributed by atoms with van der Waals surface area (Å²) in [6.07, 6.45) is 1.82. The van der Waals surface area contributed by atoms with Crippen molar-refractivity contribution in [3.05, 3.63) is 24.3 Å². The van der Waals surface area contributed by atoms with Crippen LogP contribution in [0.1, 0.15) is 19.3 Å². The van der Waals surface area contributed by atoms with Gasteiger partial charge in [-0.05, 0) is 25.0 Å². The summed E-state index contributed by atoms with van der Waals surface area (Å²) in [5, 5.41) is 11.9. The lowest BCUT2D eigenvalue weighted by atomic mass is 9.94. The van der Waals surface area contributed by atoms with E-state index in [4.69, 9.17) is 0 Å². The molecule has 1 aromatic carbocycles. The van der Waals surface area contributed by atoms with Crippen molar-refractivity contribution >= 4 is 29.2 Å². The fourth-order valence-corrected chi connectivity index (χ4v) is 3.18. The molecule has 0 saturated heterocycles. The molecule has 2 N–H and O–H groups in total. The Morgan fingerprint density at radius 1 is 1.19 bits per heavy atom. The van der Waals surface area contributed by atoms with Crippen LogP contribution in [0, 0.1) is 11.8 Å². The number of amides is 2. The monoisotopic (exact) mass is 288 g/mol. The molecule has 0 aromatic heterocycles. The maximum absolute atomic E-state index is 12.7. The van der Waals surface area contributed by atoms with Crippen LogP contribution in [0.2, 0.25) is 0 Å². The summed E-state index contributed by atoms with van der Waals surface area (Å²) in [6.45, 7) is -0.0569. The zero-order valence-electron chi connectivity index (χ0n) is 11.4. The predicted molar refractivity (Wildman–Crippen MR) is 75.9 cm³/mol. The first-order valence-corrected chi connectivity index (χ1v) is 7.01. The van der Waals surface area contributed by atoms with Gasteiger partial charge in [-0.1, -0.05) is 18.6 Å². The molecule has 1 heterocycles. The molecule has 21 heavy (non-hydrogen) atoms. The first-order chi connectivity index (χ1) is 10.1. The summed E-state index contributed by atoms with van der Waals surface area (Å²) >= 11 is 0. The molecule has 6 heteroatoms. The Bertz CT molecular complexity index is 613. The average Bonchev–Trinajstić information content (AvgIpc) is 2.95. The summed E-state index contributed by atoms with van der Waals surface area (Å²) in [5.74, 6) is -2.63. The highest BCUT2D eigenvalue weighted by molar-refractivity contribution is 6.11. The lowest BCUT2D eigenvalue weighted by molar-refractivity contribution is -0.145. The highest BCUT2D eigenvalue weighted by atomic mass is 16.4. The molecule has 2 aliphatic rings. The Labute approximate surface area is 121 Å². The fourth-order valence-electron chi connectivity index (χ4n) is 3.18. The molecule has 0 bridgehead atoms. The Morgan fingerprint density at radius 3 is 2.67 bits per heavy atom. The number of para-hydroxylation sites is 2. The minimum Gasteiger partial charge on any atom is -0.481 e. The average molecular weight is 288 g/mol. The third-order valence-electron chi connectivity index (χ3n) is 4.19. The van der Waals surface area contributed by atoms with E-state index in [0.717, 1.165) is 6.42 Å². The molecule has 0 unspecified atom stereocenters. The minimum atomic E-state index is -0.930. The van der Waals surface area contributed by atoms with Crippen LogP contribution in [-0.2, 0) is 14.4 Å². The van der Waals surface area contributed by atoms with Gasteiger partial charge in [-0.3, -0.25) is 14.4 Å². The summed E-state index contributed by atoms with van der Waals surface area (Å²) in [4.78, 5) is 37.1. The van der Waals surface area contributed by atoms with Gasteiger partial charge in [-0.2, -0.15) is 0 Å². The van der Waals surface area contributed by atoms with Crippen LogP contribution in [0.25, 0.3) is 0 Å². The standard InChI is InChI=1S/C15H16N2O4/c18-13-8-17(12-7-2-1-6-11(12)16-13)14(19)9-4-3-5-10(9)15(20)21/h1-2,6-7,9-10H,3-5,8H2,(H,16,18)(H,20,21)/t9-,10+/m1/s1. The van der Waals surface area contributed by atoms with Gasteiger partial charge in [-0.15, -0.1) is 0 Å². The second-order valence-corrected chi connectivity index (χ2v) is 5.47. The largest absolute Gasteiger partial charge is 0.481 e. The van der Waals surface area contributed by atoms with E-state index in [1.807, 2.05) is 0 Å². The molecule has 2 atom stereocenters. The molecule has 1 aliphatic heterocycles. The summed E-state index contributed by atoms with van der Waals surface area (Å²) in [6, 6.07) is 7.07. The zero-order chi connectivity index (χ0) is 15.0. The maximum Gasteiger partial charge on any atom is 0.307 e. The van der Waals surface area contributed by atoms with Gasteiger partial charge in [0.05, 0.1) is 23.2 Å². The highest BCUT2D eigenvalue weighted by Crippen LogP contribution is 2.37. The van der Waals surface area contributed by atoms with Gasteiger partial charge in [-0.25, -0.2) is 0 Å². The van der Waals surface area contributed by atoms with Crippen LogP contribution in [0.4, 0.5) is 11.4 Å². The van der Waals surface area contributed by atoms with Crippen LogP contribution in [0.15, 0.2) is 24.3 Å². The molecule has 0 spiro atoms. The Balaban J connectivity index is 1.91. The van der Waals surface area contributed by atoms with Crippen LogP contribution >= 0.6 is 0 Å². The molecule has 6 nitrogen and oxygen atoms in total. The van der Waals surface area contributed by atoms with E-state index in [0.29, 0.717) is 24.2 Å². The molecule has 1 saturated carbocycles. The zero-order valence-corrected chi connectivity index (χ0v) is 11.4. The van der Waals surface area contributed by atoms with Gasteiger partial charge >= 0.3 is 5.97 Å². The summed E-state index contributed by atoms with van der Waals surface area (Å²) < 4.78 is 0. The third kappa shape index (κ3) is 2.37. The molecule has 1 aliphatic carbocycles. The second kappa shape index (κ2) is 5.20. The Kier molecular flexibility index (Phi) is 3.37. The SMILES string of the molecule is O=C1CN(C(=O)[C@@H]2CCC[C@@H]2C(=O)O)c2ccccc2N1. The van der Waals surface area contributed by atoms with Gasteiger partial charge in [0.2, 0.25) is 11.8 Å². The number of carbonyl (C=O) groups excluding carboxylic acids is 2. The maximum atomic E-state index is 12.7. The molecule has 3 rings (SSSR count). The number of carboxylic acid groups (broad SMARTS) is 1. The number of carbonyl (C=O) groups is 3. The van der Waals surface area contributed by atoms with Crippen LogP contribution in [0.5, 0.6) is 0 Å². The van der Waals surface area contributed by atoms with E-state index in [1.165, 1.54) is 4.90 Å². The molecular weight excluding hydrogens is 272 g/mol. The lowest BCUT2D eigenvalue weighted by Gasteiger charge is -2.31. The Hall–Kier alpha value is -2.37. The van der Waals surface area contributed by atoms with Crippen LogP contribution < -0.4 is 10.2 Å². The van der Waals surface area contributed by atoms with Gasteiger partial charge < -0.3 is 15.3 Å². The third-order valence-corrected chi connectivity index (χ3v) is 4.19. The molecule has 0 radical (unpaired) electrons. The van der Waals surface area contributed by atoms with Gasteiger partial charge in [0, 0.05) is 0 Å². The van der Waals surface area contributed by atoms with E-state index in [9.17, 15) is 19.5 Å². The topological polar surface area (TPSA) is 86.7 Å². The number of aliphatic carboxylic acids is 1. The van der Waals surface area contributed by atoms with Crippen molar-refractivity contribution in [3.8, 4) is 0 Å². The van der Waals surface area contributed by atoms with Crippen molar-refractivity contribution < 1.29 is 19.5 Å². The number of nitrogens with zero attached hydrogens (tertiary/aromatic N) is 1. The Morgan fingerprint density at radius 2 is 1.90 bits per heavy atom. The van der Waals surface area contributed by atoms with E-state index < -0.39 is 17.8 Å². The smallest absolute Gasteiger partial charge is 0.307 e. The summed E-state index contributed by atoms with van der Waals surface area (Å²) in [5.41, 5.74) is 1.23. The lowest BCUT2D eigenvalue weighted by Crippen LogP contribution is -2.46. The number of carboxylic acids is 1. The normalized spacial score (nSPS) is 24.4. The van der Waals surface area contributed by atoms with Crippen LogP contribution in [-0.4, -0.2) is 29.4 Å². The first-order valence-electron chi connectivity index (χ1n) is 7.01. The molecule has 110 valence electrons.